The van der Waals surface area contributed by atoms with Crippen LogP contribution in [0, 0.1) is 0 Å². The van der Waals surface area contributed by atoms with E-state index in [-0.39, 0.29) is 12.1 Å². The summed E-state index contributed by atoms with van der Waals surface area (Å²) < 4.78 is 13.3. The van der Waals surface area contributed by atoms with Crippen LogP contribution in [-0.4, -0.2) is 36.6 Å². The summed E-state index contributed by atoms with van der Waals surface area (Å²) in [6.45, 7) is 3.78. The highest BCUT2D eigenvalue weighted by Gasteiger charge is 2.30. The smallest absolute Gasteiger partial charge is 0.161 e. The monoisotopic (exact) mass is 253 g/mol. The highest BCUT2D eigenvalue weighted by molar-refractivity contribution is 5.29. The van der Waals surface area contributed by atoms with Gasteiger partial charge in [-0.05, 0) is 33.2 Å². The first kappa shape index (κ1) is 13.4. The maximum absolute atomic E-state index is 5.89. The third kappa shape index (κ3) is 2.52. The van der Waals surface area contributed by atoms with Crippen molar-refractivity contribution < 1.29 is 9.47 Å². The van der Waals surface area contributed by atoms with Gasteiger partial charge in [0.05, 0.1) is 31.1 Å². The van der Waals surface area contributed by atoms with Crippen LogP contribution in [0.3, 0.4) is 0 Å². The summed E-state index contributed by atoms with van der Waals surface area (Å²) >= 11 is 0. The Hall–Kier alpha value is -1.07. The van der Waals surface area contributed by atoms with Gasteiger partial charge >= 0.3 is 0 Å². The Morgan fingerprint density at radius 3 is 3.00 bits per heavy atom. The number of methoxy groups -OCH3 is 1. The van der Waals surface area contributed by atoms with Crippen LogP contribution in [0.15, 0.2) is 6.20 Å². The molecule has 0 aliphatic carbocycles. The number of nitrogens with zero attached hydrogens (tertiary/aromatic N) is 2. The van der Waals surface area contributed by atoms with Crippen molar-refractivity contribution in [2.45, 2.75) is 44.9 Å². The van der Waals surface area contributed by atoms with E-state index in [1.165, 1.54) is 6.42 Å². The van der Waals surface area contributed by atoms with Crippen molar-refractivity contribution in [2.75, 3.05) is 20.8 Å². The molecule has 1 fully saturated rings. The minimum Gasteiger partial charge on any atom is -0.493 e. The maximum atomic E-state index is 5.89. The number of rotatable bonds is 5. The molecule has 1 N–H and O–H groups in total. The average Bonchev–Trinajstić information content (AvgIpc) is 2.84. The molecule has 1 aliphatic heterocycles. The van der Waals surface area contributed by atoms with Gasteiger partial charge in [-0.15, -0.1) is 0 Å². The lowest BCUT2D eigenvalue weighted by molar-refractivity contribution is -0.00883. The Morgan fingerprint density at radius 1 is 1.61 bits per heavy atom. The van der Waals surface area contributed by atoms with Crippen molar-refractivity contribution in [2.24, 2.45) is 0 Å². The van der Waals surface area contributed by atoms with E-state index in [2.05, 4.69) is 17.3 Å². The lowest BCUT2D eigenvalue weighted by atomic mass is 9.99. The van der Waals surface area contributed by atoms with Gasteiger partial charge in [-0.1, -0.05) is 0 Å². The van der Waals surface area contributed by atoms with Crippen molar-refractivity contribution in [1.29, 1.82) is 0 Å². The fourth-order valence-corrected chi connectivity index (χ4v) is 2.63. The fourth-order valence-electron chi connectivity index (χ4n) is 2.63. The molecule has 1 aromatic heterocycles. The summed E-state index contributed by atoms with van der Waals surface area (Å²) in [7, 11) is 3.66. The van der Waals surface area contributed by atoms with Crippen LogP contribution in [0.5, 0.6) is 5.75 Å². The largest absolute Gasteiger partial charge is 0.493 e. The first-order valence-electron chi connectivity index (χ1n) is 6.70. The second-order valence-electron chi connectivity index (χ2n) is 4.59. The van der Waals surface area contributed by atoms with Crippen molar-refractivity contribution in [3.63, 3.8) is 0 Å². The molecule has 2 atom stereocenters. The number of aryl methyl sites for hydroxylation is 1. The summed E-state index contributed by atoms with van der Waals surface area (Å²) in [5.74, 6) is 0.838. The summed E-state index contributed by atoms with van der Waals surface area (Å²) in [5, 5.41) is 7.72. The number of hydrogen-bond acceptors (Lipinski definition) is 4. The van der Waals surface area contributed by atoms with Gasteiger partial charge in [0.2, 0.25) is 0 Å². The van der Waals surface area contributed by atoms with E-state index in [0.29, 0.717) is 0 Å². The minimum absolute atomic E-state index is 0.141. The molecule has 18 heavy (non-hydrogen) atoms. The van der Waals surface area contributed by atoms with E-state index in [1.807, 2.05) is 11.7 Å². The molecule has 0 saturated carbocycles. The molecule has 5 nitrogen and oxygen atoms in total. The van der Waals surface area contributed by atoms with Gasteiger partial charge < -0.3 is 14.8 Å². The van der Waals surface area contributed by atoms with Crippen LogP contribution >= 0.6 is 0 Å². The molecule has 1 aromatic rings. The van der Waals surface area contributed by atoms with Crippen LogP contribution in [0.1, 0.15) is 37.9 Å². The molecule has 0 radical (unpaired) electrons. The van der Waals surface area contributed by atoms with Gasteiger partial charge in [-0.3, -0.25) is 4.68 Å². The summed E-state index contributed by atoms with van der Waals surface area (Å²) in [6, 6.07) is 0.141. The molecule has 102 valence electrons. The van der Waals surface area contributed by atoms with E-state index >= 15 is 0 Å². The molecular formula is C13H23N3O2. The van der Waals surface area contributed by atoms with Crippen LogP contribution in [-0.2, 0) is 11.3 Å². The van der Waals surface area contributed by atoms with Crippen molar-refractivity contribution in [3.8, 4) is 5.75 Å². The van der Waals surface area contributed by atoms with Crippen LogP contribution < -0.4 is 10.1 Å². The molecule has 0 spiro atoms. The molecule has 2 unspecified atom stereocenters. The molecule has 5 heteroatoms. The van der Waals surface area contributed by atoms with Crippen molar-refractivity contribution >= 4 is 0 Å². The zero-order chi connectivity index (χ0) is 13.0. The molecule has 0 aromatic carbocycles. The minimum atomic E-state index is 0.141. The second kappa shape index (κ2) is 6.20. The second-order valence-corrected chi connectivity index (χ2v) is 4.59. The van der Waals surface area contributed by atoms with Gasteiger partial charge in [-0.25, -0.2) is 0 Å². The van der Waals surface area contributed by atoms with E-state index in [1.54, 1.807) is 13.3 Å². The number of likely N-dealkylation sites (N-methyl/N-ethyl adjacent to an activating group) is 1. The highest BCUT2D eigenvalue weighted by atomic mass is 16.5. The number of hydrogen-bond donors (Lipinski definition) is 1. The first-order valence-corrected chi connectivity index (χ1v) is 6.70. The number of ether oxygens (including phenoxy) is 2. The van der Waals surface area contributed by atoms with Crippen molar-refractivity contribution in [3.05, 3.63) is 11.9 Å². The first-order chi connectivity index (χ1) is 8.81. The molecule has 1 saturated heterocycles. The van der Waals surface area contributed by atoms with Gasteiger partial charge in [0.1, 0.15) is 0 Å². The summed E-state index contributed by atoms with van der Waals surface area (Å²) in [5.41, 5.74) is 1.09. The Kier molecular flexibility index (Phi) is 4.60. The molecule has 0 amide bonds. The standard InChI is InChI=1S/C13H23N3O2/c1-4-16-13(11(17-3)9-15-16)12(14-2)10-7-5-6-8-18-10/h9-10,12,14H,4-8H2,1-3H3. The predicted molar refractivity (Wildman–Crippen MR) is 69.8 cm³/mol. The third-order valence-corrected chi connectivity index (χ3v) is 3.56. The quantitative estimate of drug-likeness (QED) is 0.868. The van der Waals surface area contributed by atoms with E-state index < -0.39 is 0 Å². The zero-order valence-corrected chi connectivity index (χ0v) is 11.5. The van der Waals surface area contributed by atoms with Gasteiger partial charge in [0, 0.05) is 13.2 Å². The number of nitrogens with one attached hydrogen (secondary N) is 1. The van der Waals surface area contributed by atoms with E-state index in [9.17, 15) is 0 Å². The van der Waals surface area contributed by atoms with Gasteiger partial charge in [0.15, 0.2) is 5.75 Å². The van der Waals surface area contributed by atoms with Crippen molar-refractivity contribution in [1.82, 2.24) is 15.1 Å². The zero-order valence-electron chi connectivity index (χ0n) is 11.5. The Balaban J connectivity index is 2.27. The maximum Gasteiger partial charge on any atom is 0.161 e. The normalized spacial score (nSPS) is 21.8. The van der Waals surface area contributed by atoms with E-state index in [4.69, 9.17) is 9.47 Å². The Morgan fingerprint density at radius 2 is 2.44 bits per heavy atom. The SMILES string of the molecule is CCn1ncc(OC)c1C(NC)C1CCCCO1. The van der Waals surface area contributed by atoms with Crippen LogP contribution in [0.2, 0.25) is 0 Å². The predicted octanol–water partition coefficient (Wildman–Crippen LogP) is 1.74. The fraction of sp³-hybridized carbons (Fsp3) is 0.769. The Bertz CT molecular complexity index is 351. The van der Waals surface area contributed by atoms with E-state index in [0.717, 1.165) is 37.4 Å². The lowest BCUT2D eigenvalue weighted by Gasteiger charge is -2.31. The van der Waals surface area contributed by atoms with Crippen LogP contribution in [0.4, 0.5) is 0 Å². The number of aromatic nitrogens is 2. The lowest BCUT2D eigenvalue weighted by Crippen LogP contribution is -2.35. The molecule has 2 heterocycles. The van der Waals surface area contributed by atoms with Crippen LogP contribution in [0.25, 0.3) is 0 Å². The Labute approximate surface area is 108 Å². The molecule has 2 rings (SSSR count). The molecular weight excluding hydrogens is 230 g/mol. The average molecular weight is 253 g/mol. The third-order valence-electron chi connectivity index (χ3n) is 3.56. The molecule has 1 aliphatic rings. The molecule has 0 bridgehead atoms. The topological polar surface area (TPSA) is 48.3 Å². The van der Waals surface area contributed by atoms with Gasteiger partial charge in [0.25, 0.3) is 0 Å². The highest BCUT2D eigenvalue weighted by Crippen LogP contribution is 2.31. The summed E-state index contributed by atoms with van der Waals surface area (Å²) in [4.78, 5) is 0. The summed E-state index contributed by atoms with van der Waals surface area (Å²) in [6.07, 6.45) is 5.47. The van der Waals surface area contributed by atoms with Gasteiger partial charge in [-0.2, -0.15) is 5.10 Å².